The molecule has 0 N–H and O–H groups in total. The molecule has 0 aliphatic heterocycles. The van der Waals surface area contributed by atoms with Crippen LogP contribution in [0.15, 0.2) is 104 Å². The number of fused-ring (bicyclic) bond motifs is 3. The smallest absolute Gasteiger partial charge is 0.201 e. The number of rotatable bonds is 4. The van der Waals surface area contributed by atoms with Gasteiger partial charge in [0.25, 0.3) is 0 Å². The van der Waals surface area contributed by atoms with Gasteiger partial charge in [-0.15, -0.1) is 11.3 Å². The van der Waals surface area contributed by atoms with Crippen LogP contribution < -0.4 is 0 Å². The minimum Gasteiger partial charge on any atom is -0.243 e. The number of nitrogens with zero attached hydrogens (tertiary/aromatic N) is 7. The molecular formula is C29H17N7S. The first-order valence-electron chi connectivity index (χ1n) is 11.6. The summed E-state index contributed by atoms with van der Waals surface area (Å²) in [6.07, 6.45) is 7.08. The summed E-state index contributed by atoms with van der Waals surface area (Å²) in [6.45, 7) is 0. The first kappa shape index (κ1) is 21.3. The van der Waals surface area contributed by atoms with Gasteiger partial charge in [0.15, 0.2) is 17.5 Å². The summed E-state index contributed by atoms with van der Waals surface area (Å²) in [5.41, 5.74) is 4.73. The Labute approximate surface area is 215 Å². The van der Waals surface area contributed by atoms with Gasteiger partial charge in [-0.05, 0) is 0 Å². The third-order valence-corrected chi connectivity index (χ3v) is 7.19. The van der Waals surface area contributed by atoms with E-state index in [0.29, 0.717) is 23.3 Å². The van der Waals surface area contributed by atoms with Gasteiger partial charge in [-0.2, -0.15) is 0 Å². The van der Waals surface area contributed by atoms with Gasteiger partial charge in [0, 0.05) is 50.9 Å². The second kappa shape index (κ2) is 8.92. The van der Waals surface area contributed by atoms with Crippen molar-refractivity contribution in [3.63, 3.8) is 0 Å². The highest BCUT2D eigenvalue weighted by molar-refractivity contribution is 7.26. The Morgan fingerprint density at radius 1 is 0.514 bits per heavy atom. The average Bonchev–Trinajstić information content (AvgIpc) is 3.37. The van der Waals surface area contributed by atoms with Crippen LogP contribution in [0.1, 0.15) is 0 Å². The zero-order valence-corrected chi connectivity index (χ0v) is 20.2. The summed E-state index contributed by atoms with van der Waals surface area (Å²) >= 11 is 1.67. The highest BCUT2D eigenvalue weighted by atomic mass is 32.1. The van der Waals surface area contributed by atoms with Gasteiger partial charge in [0.05, 0.1) is 10.2 Å². The molecule has 8 heteroatoms. The maximum atomic E-state index is 4.73. The van der Waals surface area contributed by atoms with Gasteiger partial charge in [-0.1, -0.05) is 78.9 Å². The van der Waals surface area contributed by atoms with Crippen molar-refractivity contribution < 1.29 is 0 Å². The Balaban J connectivity index is 1.33. The first-order chi connectivity index (χ1) is 18.3. The van der Waals surface area contributed by atoms with E-state index < -0.39 is 0 Å². The van der Waals surface area contributed by atoms with Crippen LogP contribution in [0.4, 0.5) is 0 Å². The molecule has 0 aliphatic carbocycles. The van der Waals surface area contributed by atoms with E-state index in [1.165, 1.54) is 0 Å². The van der Waals surface area contributed by atoms with Crippen LogP contribution in [0.25, 0.3) is 65.9 Å². The van der Waals surface area contributed by atoms with Crippen LogP contribution in [0.2, 0.25) is 0 Å². The lowest BCUT2D eigenvalue weighted by Gasteiger charge is -2.08. The molecule has 3 aromatic carbocycles. The molecule has 0 spiro atoms. The van der Waals surface area contributed by atoms with Crippen molar-refractivity contribution in [1.29, 1.82) is 0 Å². The molecule has 7 nitrogen and oxygen atoms in total. The Hall–Kier alpha value is -4.95. The fourth-order valence-electron chi connectivity index (χ4n) is 4.26. The van der Waals surface area contributed by atoms with Gasteiger partial charge in [0.1, 0.15) is 6.33 Å². The van der Waals surface area contributed by atoms with Crippen molar-refractivity contribution in [1.82, 2.24) is 34.9 Å². The predicted molar refractivity (Wildman–Crippen MR) is 146 cm³/mol. The van der Waals surface area contributed by atoms with Crippen molar-refractivity contribution in [2.75, 3.05) is 0 Å². The molecule has 7 aromatic rings. The number of aromatic nitrogens is 7. The molecule has 0 atom stereocenters. The number of hydrogen-bond acceptors (Lipinski definition) is 8. The highest BCUT2D eigenvalue weighted by Gasteiger charge is 2.15. The van der Waals surface area contributed by atoms with Crippen LogP contribution in [0.3, 0.4) is 0 Å². The molecule has 7 rings (SSSR count). The maximum absolute atomic E-state index is 4.73. The molecule has 0 aliphatic rings. The lowest BCUT2D eigenvalue weighted by atomic mass is 10.1. The number of benzene rings is 3. The van der Waals surface area contributed by atoms with E-state index in [1.807, 2.05) is 85.3 Å². The topological polar surface area (TPSA) is 90.2 Å². The van der Waals surface area contributed by atoms with E-state index in [9.17, 15) is 0 Å². The van der Waals surface area contributed by atoms with Crippen LogP contribution in [-0.4, -0.2) is 34.9 Å². The summed E-state index contributed by atoms with van der Waals surface area (Å²) in [5.74, 6) is 2.02. The van der Waals surface area contributed by atoms with Crippen molar-refractivity contribution in [3.8, 4) is 45.6 Å². The van der Waals surface area contributed by atoms with Gasteiger partial charge in [0.2, 0.25) is 5.82 Å². The molecule has 0 saturated heterocycles. The van der Waals surface area contributed by atoms with Gasteiger partial charge in [-0.25, -0.2) is 34.9 Å². The monoisotopic (exact) mass is 495 g/mol. The van der Waals surface area contributed by atoms with E-state index in [2.05, 4.69) is 32.1 Å². The number of hydrogen-bond donors (Lipinski definition) is 0. The van der Waals surface area contributed by atoms with E-state index in [0.717, 1.165) is 42.6 Å². The normalized spacial score (nSPS) is 11.2. The fourth-order valence-corrected chi connectivity index (χ4v) is 5.42. The minimum atomic E-state index is 0.426. The second-order valence-corrected chi connectivity index (χ2v) is 9.41. The number of thiophene rings is 1. The highest BCUT2D eigenvalue weighted by Crippen LogP contribution is 2.38. The summed E-state index contributed by atoms with van der Waals surface area (Å²) < 4.78 is 2.18. The van der Waals surface area contributed by atoms with Crippen LogP contribution in [-0.2, 0) is 0 Å². The fraction of sp³-hybridized carbons (Fsp3) is 0. The molecule has 174 valence electrons. The average molecular weight is 496 g/mol. The van der Waals surface area contributed by atoms with Crippen molar-refractivity contribution in [2.45, 2.75) is 0 Å². The molecule has 0 fully saturated rings. The van der Waals surface area contributed by atoms with Crippen LogP contribution >= 0.6 is 11.3 Å². The Morgan fingerprint density at radius 2 is 1.16 bits per heavy atom. The summed E-state index contributed by atoms with van der Waals surface area (Å²) in [4.78, 5) is 32.1. The van der Waals surface area contributed by atoms with E-state index in [4.69, 9.17) is 15.0 Å². The summed E-state index contributed by atoms with van der Waals surface area (Å²) in [7, 11) is 0. The van der Waals surface area contributed by atoms with Gasteiger partial charge in [-0.3, -0.25) is 0 Å². The van der Waals surface area contributed by atoms with Crippen molar-refractivity contribution >= 4 is 31.6 Å². The van der Waals surface area contributed by atoms with Crippen molar-refractivity contribution in [2.24, 2.45) is 0 Å². The Morgan fingerprint density at radius 3 is 1.84 bits per heavy atom. The minimum absolute atomic E-state index is 0.426. The molecule has 0 saturated carbocycles. The lowest BCUT2D eigenvalue weighted by molar-refractivity contribution is 1.03. The zero-order valence-electron chi connectivity index (χ0n) is 19.4. The molecule has 0 radical (unpaired) electrons. The molecule has 0 unspecified atom stereocenters. The zero-order chi connectivity index (χ0) is 24.6. The lowest BCUT2D eigenvalue weighted by Crippen LogP contribution is -2.02. The maximum Gasteiger partial charge on any atom is 0.201 e. The Bertz CT molecular complexity index is 1810. The predicted octanol–water partition coefficient (Wildman–Crippen LogP) is 6.49. The van der Waals surface area contributed by atoms with E-state index in [-0.39, 0.29) is 0 Å². The van der Waals surface area contributed by atoms with Gasteiger partial charge < -0.3 is 0 Å². The van der Waals surface area contributed by atoms with Crippen LogP contribution in [0, 0.1) is 0 Å². The summed E-state index contributed by atoms with van der Waals surface area (Å²) in [6, 6.07) is 25.9. The first-order valence-corrected chi connectivity index (χ1v) is 12.5. The molecule has 4 heterocycles. The molecule has 4 aromatic heterocycles. The SMILES string of the molecule is c1ccc(-c2nc(-c3ccccc3)nc(-c3ncc(-c4cccc5c4sc4cncnc45)cn3)n2)cc1. The standard InChI is InChI=1S/C29H17N7S/c1-3-8-18(9-4-1)26-34-27(19-10-5-2-6-11-19)36-29(35-26)28-31-14-20(15-32-28)21-12-7-13-22-24-23(37-25(21)22)16-30-17-33-24/h1-17H. The van der Waals surface area contributed by atoms with Crippen LogP contribution in [0.5, 0.6) is 0 Å². The molecule has 37 heavy (non-hydrogen) atoms. The summed E-state index contributed by atoms with van der Waals surface area (Å²) in [5, 5.41) is 1.10. The quantitative estimate of drug-likeness (QED) is 0.276. The van der Waals surface area contributed by atoms with E-state index >= 15 is 0 Å². The molecular weight excluding hydrogens is 478 g/mol. The third kappa shape index (κ3) is 3.89. The van der Waals surface area contributed by atoms with E-state index in [1.54, 1.807) is 17.7 Å². The molecule has 0 bridgehead atoms. The molecule has 0 amide bonds. The second-order valence-electron chi connectivity index (χ2n) is 8.35. The van der Waals surface area contributed by atoms with Gasteiger partial charge >= 0.3 is 0 Å². The third-order valence-electron chi connectivity index (χ3n) is 6.02. The largest absolute Gasteiger partial charge is 0.243 e. The Kier molecular flexibility index (Phi) is 5.15. The van der Waals surface area contributed by atoms with Crippen molar-refractivity contribution in [3.05, 3.63) is 104 Å².